The van der Waals surface area contributed by atoms with Crippen molar-refractivity contribution in [2.24, 2.45) is 0 Å². The number of nitriles is 1. The number of hydrogen-bond donors (Lipinski definition) is 0. The summed E-state index contributed by atoms with van der Waals surface area (Å²) < 4.78 is 0. The number of benzene rings is 1. The van der Waals surface area contributed by atoms with Gasteiger partial charge < -0.3 is 0 Å². The fourth-order valence-corrected chi connectivity index (χ4v) is 1.86. The van der Waals surface area contributed by atoms with E-state index >= 15 is 0 Å². The van der Waals surface area contributed by atoms with Crippen molar-refractivity contribution in [3.63, 3.8) is 0 Å². The number of hydrogen-bond acceptors (Lipinski definition) is 4. The quantitative estimate of drug-likeness (QED) is 0.590. The van der Waals surface area contributed by atoms with Crippen molar-refractivity contribution in [3.05, 3.63) is 35.9 Å². The highest BCUT2D eigenvalue weighted by Gasteiger charge is 2.43. The number of urea groups is 1. The normalized spacial score (nSPS) is 16.7. The van der Waals surface area contributed by atoms with Gasteiger partial charge in [0.1, 0.15) is 0 Å². The van der Waals surface area contributed by atoms with Crippen LogP contribution >= 0.6 is 0 Å². The van der Waals surface area contributed by atoms with Gasteiger partial charge in [0.25, 0.3) is 0 Å². The van der Waals surface area contributed by atoms with Gasteiger partial charge in [0.2, 0.25) is 0 Å². The molecule has 1 aromatic carbocycles. The minimum Gasteiger partial charge on any atom is -0.263 e. The van der Waals surface area contributed by atoms with Crippen molar-refractivity contribution < 1.29 is 14.4 Å². The van der Waals surface area contributed by atoms with Gasteiger partial charge in [-0.3, -0.25) is 19.4 Å². The number of carbonyl (C=O) groups is 3. The molecule has 0 N–H and O–H groups in total. The first-order chi connectivity index (χ1) is 9.06. The van der Waals surface area contributed by atoms with E-state index in [2.05, 4.69) is 0 Å². The van der Waals surface area contributed by atoms with Crippen molar-refractivity contribution in [2.75, 3.05) is 13.6 Å². The van der Waals surface area contributed by atoms with Crippen LogP contribution in [0.1, 0.15) is 11.5 Å². The molecule has 1 fully saturated rings. The lowest BCUT2D eigenvalue weighted by atomic mass is 10.0. The zero-order valence-corrected chi connectivity index (χ0v) is 10.2. The second-order valence-electron chi connectivity index (χ2n) is 4.15. The number of rotatable bonds is 3. The van der Waals surface area contributed by atoms with Crippen LogP contribution in [0.4, 0.5) is 4.79 Å². The molecule has 1 unspecified atom stereocenters. The smallest absolute Gasteiger partial charge is 0.263 e. The molecule has 1 aliphatic heterocycles. The predicted molar refractivity (Wildman–Crippen MR) is 64.7 cm³/mol. The highest BCUT2D eigenvalue weighted by molar-refractivity contribution is 6.44. The van der Waals surface area contributed by atoms with Gasteiger partial charge >= 0.3 is 17.8 Å². The lowest BCUT2D eigenvalue weighted by molar-refractivity contribution is -0.142. The molecule has 0 bridgehead atoms. The standard InChI is InChI=1S/C13H11N3O3/c1-15-11(17)12(18)16(13(15)19)8-10(7-14)9-5-3-2-4-6-9/h2-6,10H,8H2,1H3. The van der Waals surface area contributed by atoms with Crippen LogP contribution in [0.15, 0.2) is 30.3 Å². The fraction of sp³-hybridized carbons (Fsp3) is 0.231. The summed E-state index contributed by atoms with van der Waals surface area (Å²) in [7, 11) is 1.24. The lowest BCUT2D eigenvalue weighted by Crippen LogP contribution is -2.35. The Kier molecular flexibility index (Phi) is 3.29. The topological polar surface area (TPSA) is 81.5 Å². The van der Waals surface area contributed by atoms with Crippen molar-refractivity contribution in [2.45, 2.75) is 5.92 Å². The molecule has 6 nitrogen and oxygen atoms in total. The molecule has 0 saturated carbocycles. The predicted octanol–water partition coefficient (Wildman–Crippen LogP) is 0.714. The lowest BCUT2D eigenvalue weighted by Gasteiger charge is -2.16. The highest BCUT2D eigenvalue weighted by Crippen LogP contribution is 2.19. The van der Waals surface area contributed by atoms with Crippen LogP contribution in [0, 0.1) is 11.3 Å². The molecule has 1 atom stereocenters. The molecule has 0 spiro atoms. The van der Waals surface area contributed by atoms with E-state index in [0.717, 1.165) is 9.80 Å². The number of imide groups is 2. The van der Waals surface area contributed by atoms with E-state index in [1.807, 2.05) is 6.07 Å². The van der Waals surface area contributed by atoms with E-state index in [9.17, 15) is 14.4 Å². The first-order valence-electron chi connectivity index (χ1n) is 5.64. The molecule has 0 radical (unpaired) electrons. The average molecular weight is 257 g/mol. The van der Waals surface area contributed by atoms with Crippen molar-refractivity contribution >= 4 is 17.8 Å². The Hall–Kier alpha value is -2.68. The van der Waals surface area contributed by atoms with Crippen molar-refractivity contribution in [1.82, 2.24) is 9.80 Å². The van der Waals surface area contributed by atoms with E-state index < -0.39 is 23.8 Å². The largest absolute Gasteiger partial charge is 0.334 e. The summed E-state index contributed by atoms with van der Waals surface area (Å²) in [5.74, 6) is -2.40. The monoisotopic (exact) mass is 257 g/mol. The maximum Gasteiger partial charge on any atom is 0.334 e. The molecule has 1 aliphatic rings. The molecule has 2 rings (SSSR count). The molecular weight excluding hydrogens is 246 g/mol. The zero-order chi connectivity index (χ0) is 14.0. The number of likely N-dealkylation sites (N-methyl/N-ethyl adjacent to an activating group) is 1. The van der Waals surface area contributed by atoms with Crippen LogP contribution in [0.5, 0.6) is 0 Å². The number of nitrogens with zero attached hydrogens (tertiary/aromatic N) is 3. The summed E-state index contributed by atoms with van der Waals surface area (Å²) in [6.07, 6.45) is 0. The van der Waals surface area contributed by atoms with Crippen LogP contribution in [-0.4, -0.2) is 41.2 Å². The third kappa shape index (κ3) is 2.18. The molecule has 1 saturated heterocycles. The number of amides is 4. The maximum atomic E-state index is 11.7. The van der Waals surface area contributed by atoms with E-state index in [-0.39, 0.29) is 6.54 Å². The highest BCUT2D eigenvalue weighted by atomic mass is 16.2. The van der Waals surface area contributed by atoms with Crippen LogP contribution in [0.2, 0.25) is 0 Å². The summed E-state index contributed by atoms with van der Waals surface area (Å²) in [6.45, 7) is -0.117. The van der Waals surface area contributed by atoms with Crippen molar-refractivity contribution in [3.8, 4) is 6.07 Å². The molecule has 6 heteroatoms. The Morgan fingerprint density at radius 3 is 2.26 bits per heavy atom. The summed E-state index contributed by atoms with van der Waals surface area (Å²) in [5, 5.41) is 9.15. The Morgan fingerprint density at radius 1 is 1.16 bits per heavy atom. The van der Waals surface area contributed by atoms with Gasteiger partial charge in [-0.25, -0.2) is 4.79 Å². The van der Waals surface area contributed by atoms with Crippen molar-refractivity contribution in [1.29, 1.82) is 5.26 Å². The van der Waals surface area contributed by atoms with Gasteiger partial charge in [0.05, 0.1) is 18.5 Å². The van der Waals surface area contributed by atoms with E-state index in [1.54, 1.807) is 30.3 Å². The van der Waals surface area contributed by atoms with Crippen LogP contribution < -0.4 is 0 Å². The second-order valence-corrected chi connectivity index (χ2v) is 4.15. The van der Waals surface area contributed by atoms with Gasteiger partial charge in [-0.15, -0.1) is 0 Å². The van der Waals surface area contributed by atoms with E-state index in [0.29, 0.717) is 5.56 Å². The van der Waals surface area contributed by atoms with Gasteiger partial charge in [-0.2, -0.15) is 5.26 Å². The first kappa shape index (κ1) is 12.8. The minimum atomic E-state index is -0.885. The molecule has 96 valence electrons. The van der Waals surface area contributed by atoms with Gasteiger partial charge in [0, 0.05) is 7.05 Å². The third-order valence-corrected chi connectivity index (χ3v) is 2.97. The Labute approximate surface area is 109 Å². The van der Waals surface area contributed by atoms with E-state index in [1.165, 1.54) is 7.05 Å². The minimum absolute atomic E-state index is 0.117. The van der Waals surface area contributed by atoms with E-state index in [4.69, 9.17) is 5.26 Å². The third-order valence-electron chi connectivity index (χ3n) is 2.97. The first-order valence-corrected chi connectivity index (χ1v) is 5.64. The van der Waals surface area contributed by atoms with Crippen LogP contribution in [0.3, 0.4) is 0 Å². The van der Waals surface area contributed by atoms with Crippen LogP contribution in [0.25, 0.3) is 0 Å². The molecule has 0 aliphatic carbocycles. The summed E-state index contributed by atoms with van der Waals surface area (Å²) in [5.41, 5.74) is 0.701. The molecular formula is C13H11N3O3. The molecule has 1 aromatic rings. The summed E-state index contributed by atoms with van der Waals surface area (Å²) in [4.78, 5) is 36.2. The number of carbonyl (C=O) groups excluding carboxylic acids is 3. The molecule has 0 aromatic heterocycles. The second kappa shape index (κ2) is 4.90. The maximum absolute atomic E-state index is 11.7. The molecule has 19 heavy (non-hydrogen) atoms. The van der Waals surface area contributed by atoms with Gasteiger partial charge in [-0.1, -0.05) is 30.3 Å². The zero-order valence-electron chi connectivity index (χ0n) is 10.2. The fourth-order valence-electron chi connectivity index (χ4n) is 1.86. The molecule has 4 amide bonds. The average Bonchev–Trinajstić information content (AvgIpc) is 2.62. The van der Waals surface area contributed by atoms with Crippen LogP contribution in [-0.2, 0) is 9.59 Å². The van der Waals surface area contributed by atoms with Gasteiger partial charge in [0.15, 0.2) is 0 Å². The Morgan fingerprint density at radius 2 is 1.79 bits per heavy atom. The summed E-state index contributed by atoms with van der Waals surface area (Å²) >= 11 is 0. The Bertz CT molecular complexity index is 577. The van der Waals surface area contributed by atoms with Gasteiger partial charge in [-0.05, 0) is 5.56 Å². The summed E-state index contributed by atoms with van der Waals surface area (Å²) in [6, 6.07) is 10.2. The molecule has 1 heterocycles. The SMILES string of the molecule is CN1C(=O)C(=O)N(CC(C#N)c2ccccc2)C1=O. The Balaban J connectivity index is 2.21.